The first-order valence-electron chi connectivity index (χ1n) is 3.92. The van der Waals surface area contributed by atoms with Gasteiger partial charge in [-0.05, 0) is 6.92 Å². The molecule has 1 aromatic heterocycles. The average molecular weight is 183 g/mol. The Balaban J connectivity index is 3.24. The van der Waals surface area contributed by atoms with E-state index in [1.54, 1.807) is 14.0 Å². The lowest BCUT2D eigenvalue weighted by molar-refractivity contribution is 0.0997. The molecule has 0 atom stereocenters. The van der Waals surface area contributed by atoms with E-state index >= 15 is 0 Å². The van der Waals surface area contributed by atoms with Crippen LogP contribution in [-0.4, -0.2) is 29.2 Å². The van der Waals surface area contributed by atoms with Crippen molar-refractivity contribution in [1.29, 1.82) is 0 Å². The van der Waals surface area contributed by atoms with Gasteiger partial charge in [-0.2, -0.15) is 5.10 Å². The van der Waals surface area contributed by atoms with Gasteiger partial charge >= 0.3 is 0 Å². The first-order chi connectivity index (χ1) is 6.11. The smallest absolute Gasteiger partial charge is 0.222 e. The van der Waals surface area contributed by atoms with Gasteiger partial charge in [0.1, 0.15) is 5.56 Å². The van der Waals surface area contributed by atoms with Crippen LogP contribution in [-0.2, 0) is 7.05 Å². The lowest BCUT2D eigenvalue weighted by atomic mass is 10.1. The molecule has 72 valence electrons. The van der Waals surface area contributed by atoms with Crippen LogP contribution in [0.5, 0.6) is 5.88 Å². The van der Waals surface area contributed by atoms with E-state index in [4.69, 9.17) is 10.5 Å². The van der Waals surface area contributed by atoms with Crippen molar-refractivity contribution in [1.82, 2.24) is 9.78 Å². The number of Topliss-reactive ketones (excluding diaryl/α,β-unsaturated/α-hetero) is 1. The molecule has 1 aromatic rings. The quantitative estimate of drug-likeness (QED) is 0.663. The van der Waals surface area contributed by atoms with Crippen LogP contribution < -0.4 is 10.5 Å². The molecule has 0 amide bonds. The van der Waals surface area contributed by atoms with Gasteiger partial charge in [-0.3, -0.25) is 4.79 Å². The second kappa shape index (κ2) is 3.57. The van der Waals surface area contributed by atoms with E-state index in [0.717, 1.165) is 0 Å². The third kappa shape index (κ3) is 1.55. The summed E-state index contributed by atoms with van der Waals surface area (Å²) in [7, 11) is 3.23. The number of aromatic nitrogens is 2. The van der Waals surface area contributed by atoms with Crippen molar-refractivity contribution in [3.63, 3.8) is 0 Å². The van der Waals surface area contributed by atoms with Crippen LogP contribution in [0.15, 0.2) is 0 Å². The summed E-state index contributed by atoms with van der Waals surface area (Å²) in [4.78, 5) is 11.4. The standard InChI is InChI=1S/C8H13N3O2/c1-5-7(6(12)4-9)8(13-3)11(2)10-5/h4,9H2,1-3H3. The summed E-state index contributed by atoms with van der Waals surface area (Å²) in [6.07, 6.45) is 0. The third-order valence-electron chi connectivity index (χ3n) is 1.83. The van der Waals surface area contributed by atoms with Crippen molar-refractivity contribution >= 4 is 5.78 Å². The predicted octanol–water partition coefficient (Wildman–Crippen LogP) is -0.121. The van der Waals surface area contributed by atoms with E-state index in [2.05, 4.69) is 5.10 Å². The van der Waals surface area contributed by atoms with Gasteiger partial charge in [0.15, 0.2) is 5.78 Å². The van der Waals surface area contributed by atoms with E-state index in [0.29, 0.717) is 17.1 Å². The maximum absolute atomic E-state index is 11.4. The average Bonchev–Trinajstić information content (AvgIpc) is 2.39. The summed E-state index contributed by atoms with van der Waals surface area (Å²) in [5.74, 6) is 0.315. The van der Waals surface area contributed by atoms with Crippen LogP contribution in [0.25, 0.3) is 0 Å². The van der Waals surface area contributed by atoms with Gasteiger partial charge in [-0.15, -0.1) is 0 Å². The Labute approximate surface area is 76.5 Å². The zero-order valence-electron chi connectivity index (χ0n) is 8.00. The number of hydrogen-bond acceptors (Lipinski definition) is 4. The minimum absolute atomic E-state index is 0.0249. The molecule has 0 aromatic carbocycles. The number of nitrogens with two attached hydrogens (primary N) is 1. The highest BCUT2D eigenvalue weighted by atomic mass is 16.5. The maximum Gasteiger partial charge on any atom is 0.222 e. The van der Waals surface area contributed by atoms with Crippen molar-refractivity contribution in [2.24, 2.45) is 12.8 Å². The monoisotopic (exact) mass is 183 g/mol. The van der Waals surface area contributed by atoms with Crippen molar-refractivity contribution < 1.29 is 9.53 Å². The number of rotatable bonds is 3. The lowest BCUT2D eigenvalue weighted by Gasteiger charge is -2.01. The summed E-state index contributed by atoms with van der Waals surface area (Å²) in [5.41, 5.74) is 6.39. The Morgan fingerprint density at radius 1 is 1.69 bits per heavy atom. The first kappa shape index (κ1) is 9.73. The van der Waals surface area contributed by atoms with Gasteiger partial charge in [0, 0.05) is 7.05 Å². The van der Waals surface area contributed by atoms with Crippen LogP contribution in [0, 0.1) is 6.92 Å². The molecular formula is C8H13N3O2. The molecule has 0 saturated carbocycles. The highest BCUT2D eigenvalue weighted by Crippen LogP contribution is 2.20. The molecule has 0 spiro atoms. The van der Waals surface area contributed by atoms with E-state index < -0.39 is 0 Å². The molecule has 0 saturated heterocycles. The highest BCUT2D eigenvalue weighted by molar-refractivity contribution is 6.00. The van der Waals surface area contributed by atoms with Gasteiger partial charge in [-0.25, -0.2) is 4.68 Å². The fraction of sp³-hybridized carbons (Fsp3) is 0.500. The second-order valence-electron chi connectivity index (χ2n) is 2.72. The molecule has 1 rings (SSSR count). The van der Waals surface area contributed by atoms with Gasteiger partial charge in [0.2, 0.25) is 5.88 Å². The molecular weight excluding hydrogens is 170 g/mol. The van der Waals surface area contributed by atoms with Gasteiger partial charge in [-0.1, -0.05) is 0 Å². The molecule has 5 heteroatoms. The molecule has 0 aliphatic heterocycles. The number of nitrogens with zero attached hydrogens (tertiary/aromatic N) is 2. The minimum Gasteiger partial charge on any atom is -0.481 e. The van der Waals surface area contributed by atoms with Crippen molar-refractivity contribution in [3.8, 4) is 5.88 Å². The van der Waals surface area contributed by atoms with Crippen LogP contribution in [0.1, 0.15) is 16.1 Å². The van der Waals surface area contributed by atoms with E-state index in [-0.39, 0.29) is 12.3 Å². The van der Waals surface area contributed by atoms with Crippen molar-refractivity contribution in [2.75, 3.05) is 13.7 Å². The summed E-state index contributed by atoms with van der Waals surface area (Å²) < 4.78 is 6.57. The number of carbonyl (C=O) groups excluding carboxylic acids is 1. The van der Waals surface area contributed by atoms with Crippen molar-refractivity contribution in [2.45, 2.75) is 6.92 Å². The molecule has 13 heavy (non-hydrogen) atoms. The Kier molecular flexibility index (Phi) is 2.67. The normalized spacial score (nSPS) is 10.2. The molecule has 0 aliphatic rings. The summed E-state index contributed by atoms with van der Waals surface area (Å²) in [5, 5.41) is 4.07. The number of carbonyl (C=O) groups is 1. The summed E-state index contributed by atoms with van der Waals surface area (Å²) in [6, 6.07) is 0. The lowest BCUT2D eigenvalue weighted by Crippen LogP contribution is -2.15. The predicted molar refractivity (Wildman–Crippen MR) is 47.9 cm³/mol. The van der Waals surface area contributed by atoms with E-state index in [9.17, 15) is 4.79 Å². The molecule has 0 radical (unpaired) electrons. The number of aryl methyl sites for hydroxylation is 2. The topological polar surface area (TPSA) is 70.1 Å². The largest absolute Gasteiger partial charge is 0.481 e. The molecule has 0 fully saturated rings. The van der Waals surface area contributed by atoms with Crippen LogP contribution in [0.3, 0.4) is 0 Å². The van der Waals surface area contributed by atoms with Crippen LogP contribution in [0.2, 0.25) is 0 Å². The highest BCUT2D eigenvalue weighted by Gasteiger charge is 2.19. The summed E-state index contributed by atoms with van der Waals surface area (Å²) in [6.45, 7) is 1.73. The van der Waals surface area contributed by atoms with E-state index in [1.807, 2.05) is 0 Å². The SMILES string of the molecule is COc1c(C(=O)CN)c(C)nn1C. The number of methoxy groups -OCH3 is 1. The van der Waals surface area contributed by atoms with Gasteiger partial charge < -0.3 is 10.5 Å². The first-order valence-corrected chi connectivity index (χ1v) is 3.92. The Morgan fingerprint density at radius 2 is 2.31 bits per heavy atom. The summed E-state index contributed by atoms with van der Waals surface area (Å²) >= 11 is 0. The van der Waals surface area contributed by atoms with Crippen LogP contribution in [0.4, 0.5) is 0 Å². The number of hydrogen-bond donors (Lipinski definition) is 1. The molecule has 0 unspecified atom stereocenters. The molecule has 0 bridgehead atoms. The zero-order valence-corrected chi connectivity index (χ0v) is 8.00. The molecule has 5 nitrogen and oxygen atoms in total. The Hall–Kier alpha value is -1.36. The molecule has 0 aliphatic carbocycles. The Bertz CT molecular complexity index is 330. The molecule has 2 N–H and O–H groups in total. The number of ketones is 1. The second-order valence-corrected chi connectivity index (χ2v) is 2.72. The third-order valence-corrected chi connectivity index (χ3v) is 1.83. The van der Waals surface area contributed by atoms with Crippen molar-refractivity contribution in [3.05, 3.63) is 11.3 Å². The fourth-order valence-electron chi connectivity index (χ4n) is 1.29. The fourth-order valence-corrected chi connectivity index (χ4v) is 1.29. The van der Waals surface area contributed by atoms with Crippen LogP contribution >= 0.6 is 0 Å². The maximum atomic E-state index is 11.4. The van der Waals surface area contributed by atoms with E-state index in [1.165, 1.54) is 11.8 Å². The van der Waals surface area contributed by atoms with Gasteiger partial charge in [0.25, 0.3) is 0 Å². The molecule has 1 heterocycles. The Morgan fingerprint density at radius 3 is 2.77 bits per heavy atom. The number of ether oxygens (including phenoxy) is 1. The minimum atomic E-state index is -0.151. The zero-order chi connectivity index (χ0) is 10.0. The van der Waals surface area contributed by atoms with Gasteiger partial charge in [0.05, 0.1) is 19.3 Å².